The molecule has 1 aromatic carbocycles. The number of carbonyl (C=O) groups is 1. The van der Waals surface area contributed by atoms with Gasteiger partial charge in [-0.3, -0.25) is 28.7 Å². The molecule has 1 aliphatic heterocycles. The summed E-state index contributed by atoms with van der Waals surface area (Å²) in [7, 11) is -10.1. The first kappa shape index (κ1) is 27.9. The Morgan fingerprint density at radius 1 is 1.14 bits per heavy atom. The monoisotopic (exact) mass is 551 g/mol. The van der Waals surface area contributed by atoms with Gasteiger partial charge in [0, 0.05) is 18.0 Å². The molecule has 0 spiro atoms. The van der Waals surface area contributed by atoms with E-state index in [4.69, 9.17) is 9.47 Å². The largest absolute Gasteiger partial charge is 0.481 e. The molecule has 2 aromatic rings. The number of carbonyl (C=O) groups excluding carboxylic acids is 1. The molecule has 0 saturated carbocycles. The third-order valence-corrected chi connectivity index (χ3v) is 7.31. The summed E-state index contributed by atoms with van der Waals surface area (Å²) in [5, 5.41) is 13.1. The van der Waals surface area contributed by atoms with Crippen molar-refractivity contribution in [3.8, 4) is 0 Å². The second-order valence-electron chi connectivity index (χ2n) is 7.17. The van der Waals surface area contributed by atoms with Crippen molar-refractivity contribution in [3.05, 3.63) is 63.4 Å². The second kappa shape index (κ2) is 11.6. The molecule has 1 aromatic heterocycles. The minimum Gasteiger partial charge on any atom is -0.438 e. The number of H-pyrrole nitrogens is 1. The van der Waals surface area contributed by atoms with Crippen LogP contribution < -0.4 is 16.6 Å². The lowest BCUT2D eigenvalue weighted by Crippen LogP contribution is -2.41. The number of amides is 1. The number of ether oxygens (including phenoxy) is 2. The zero-order chi connectivity index (χ0) is 26.5. The van der Waals surface area contributed by atoms with E-state index in [-0.39, 0.29) is 6.61 Å². The van der Waals surface area contributed by atoms with Crippen LogP contribution in [0.1, 0.15) is 13.2 Å². The third kappa shape index (κ3) is 7.43. The van der Waals surface area contributed by atoms with Crippen molar-refractivity contribution in [2.45, 2.75) is 31.5 Å². The van der Waals surface area contributed by atoms with Gasteiger partial charge in [-0.2, -0.15) is 4.31 Å². The highest BCUT2D eigenvalue weighted by Crippen LogP contribution is 2.60. The van der Waals surface area contributed by atoms with Crippen LogP contribution in [0.2, 0.25) is 0 Å². The molecule has 3 unspecified atom stereocenters. The number of para-hydroxylation sites is 1. The summed E-state index contributed by atoms with van der Waals surface area (Å²) in [5.74, 6) is 0. The number of rotatable bonds is 10. The molecule has 0 radical (unpaired) electrons. The molecule has 1 amide bonds. The van der Waals surface area contributed by atoms with E-state index in [9.17, 15) is 38.4 Å². The van der Waals surface area contributed by atoms with Crippen molar-refractivity contribution in [2.24, 2.45) is 0 Å². The van der Waals surface area contributed by atoms with Crippen molar-refractivity contribution >= 4 is 27.4 Å². The molecule has 1 aliphatic rings. The normalized spacial score (nSPS) is 25.0. The minimum absolute atomic E-state index is 0.308. The van der Waals surface area contributed by atoms with Gasteiger partial charge in [-0.05, 0) is 19.1 Å². The first-order valence-electron chi connectivity index (χ1n) is 10.2. The SMILES string of the molecule is CCOP(=O)(O)OP(=O)(O)OC[C@H]1O[C@@H](n2ccc(=O)[nH]c2=O)[C@@H](OC(=O)Nc2ccccc2)C1O. The van der Waals surface area contributed by atoms with Crippen LogP contribution in [0.3, 0.4) is 0 Å². The van der Waals surface area contributed by atoms with Crippen LogP contribution in [0.25, 0.3) is 0 Å². The summed E-state index contributed by atoms with van der Waals surface area (Å²) in [6.07, 6.45) is -6.33. The van der Waals surface area contributed by atoms with Gasteiger partial charge >= 0.3 is 27.4 Å². The molecule has 2 heterocycles. The average molecular weight is 551 g/mol. The van der Waals surface area contributed by atoms with E-state index in [1.54, 1.807) is 30.3 Å². The summed E-state index contributed by atoms with van der Waals surface area (Å²) in [5.41, 5.74) is -1.34. The van der Waals surface area contributed by atoms with E-state index in [2.05, 4.69) is 18.7 Å². The molecule has 36 heavy (non-hydrogen) atoms. The fourth-order valence-electron chi connectivity index (χ4n) is 3.14. The van der Waals surface area contributed by atoms with E-state index >= 15 is 0 Å². The lowest BCUT2D eigenvalue weighted by Gasteiger charge is -2.22. The number of aliphatic hydroxyl groups excluding tert-OH is 1. The molecule has 0 bridgehead atoms. The molecule has 18 heteroatoms. The Hall–Kier alpha value is -2.65. The number of phosphoric acid groups is 2. The number of phosphoric ester groups is 2. The van der Waals surface area contributed by atoms with Gasteiger partial charge in [-0.15, -0.1) is 0 Å². The maximum atomic E-state index is 12.4. The summed E-state index contributed by atoms with van der Waals surface area (Å²) >= 11 is 0. The molecule has 3 rings (SSSR count). The van der Waals surface area contributed by atoms with E-state index in [1.165, 1.54) is 6.92 Å². The van der Waals surface area contributed by atoms with Gasteiger partial charge in [0.1, 0.15) is 12.2 Å². The lowest BCUT2D eigenvalue weighted by molar-refractivity contribution is -0.0552. The maximum absolute atomic E-state index is 12.4. The molecule has 16 nitrogen and oxygen atoms in total. The number of hydrogen-bond acceptors (Lipinski definition) is 11. The first-order valence-corrected chi connectivity index (χ1v) is 13.2. The molecular formula is C18H23N3O13P2. The third-order valence-electron chi connectivity index (χ3n) is 4.60. The van der Waals surface area contributed by atoms with Gasteiger partial charge < -0.3 is 24.4 Å². The van der Waals surface area contributed by atoms with E-state index in [0.29, 0.717) is 5.69 Å². The summed E-state index contributed by atoms with van der Waals surface area (Å²) in [4.78, 5) is 57.2. The summed E-state index contributed by atoms with van der Waals surface area (Å²) < 4.78 is 48.3. The van der Waals surface area contributed by atoms with Gasteiger partial charge in [-0.25, -0.2) is 18.7 Å². The van der Waals surface area contributed by atoms with E-state index in [0.717, 1.165) is 16.8 Å². The smallest absolute Gasteiger partial charge is 0.438 e. The van der Waals surface area contributed by atoms with Gasteiger partial charge in [-0.1, -0.05) is 18.2 Å². The van der Waals surface area contributed by atoms with Gasteiger partial charge in [0.25, 0.3) is 5.56 Å². The van der Waals surface area contributed by atoms with Crippen LogP contribution >= 0.6 is 15.6 Å². The van der Waals surface area contributed by atoms with Crippen LogP contribution in [0.5, 0.6) is 0 Å². The Kier molecular flexibility index (Phi) is 9.00. The number of aliphatic hydroxyl groups is 1. The number of nitrogens with one attached hydrogen (secondary N) is 2. The summed E-state index contributed by atoms with van der Waals surface area (Å²) in [6, 6.07) is 9.09. The van der Waals surface area contributed by atoms with Gasteiger partial charge in [0.2, 0.25) is 0 Å². The van der Waals surface area contributed by atoms with Crippen molar-refractivity contribution in [1.29, 1.82) is 0 Å². The van der Waals surface area contributed by atoms with Crippen molar-refractivity contribution in [1.82, 2.24) is 9.55 Å². The predicted octanol–water partition coefficient (Wildman–Crippen LogP) is 0.683. The molecule has 1 saturated heterocycles. The van der Waals surface area contributed by atoms with E-state index < -0.39 is 64.1 Å². The van der Waals surface area contributed by atoms with Crippen molar-refractivity contribution in [3.63, 3.8) is 0 Å². The fraction of sp³-hybridized carbons (Fsp3) is 0.389. The highest BCUT2D eigenvalue weighted by molar-refractivity contribution is 7.61. The summed E-state index contributed by atoms with van der Waals surface area (Å²) in [6.45, 7) is 0.124. The lowest BCUT2D eigenvalue weighted by atomic mass is 10.1. The average Bonchev–Trinajstić information content (AvgIpc) is 3.07. The van der Waals surface area contributed by atoms with Crippen LogP contribution in [0.15, 0.2) is 52.2 Å². The van der Waals surface area contributed by atoms with Gasteiger partial charge in [0.15, 0.2) is 12.3 Å². The van der Waals surface area contributed by atoms with E-state index in [1.807, 2.05) is 4.98 Å². The Morgan fingerprint density at radius 3 is 2.44 bits per heavy atom. The fourth-order valence-corrected chi connectivity index (χ4v) is 5.22. The van der Waals surface area contributed by atoms with Crippen LogP contribution in [0.4, 0.5) is 10.5 Å². The highest BCUT2D eigenvalue weighted by atomic mass is 31.3. The topological polar surface area (TPSA) is 225 Å². The Morgan fingerprint density at radius 2 is 1.81 bits per heavy atom. The van der Waals surface area contributed by atoms with Crippen LogP contribution in [-0.2, 0) is 32.0 Å². The molecule has 1 fully saturated rings. The van der Waals surface area contributed by atoms with Gasteiger partial charge in [0.05, 0.1) is 13.2 Å². The zero-order valence-electron chi connectivity index (χ0n) is 18.5. The van der Waals surface area contributed by atoms with Crippen LogP contribution in [0, 0.1) is 0 Å². The number of hydrogen-bond donors (Lipinski definition) is 5. The zero-order valence-corrected chi connectivity index (χ0v) is 20.3. The molecule has 6 atom stereocenters. The molecule has 5 N–H and O–H groups in total. The number of aromatic nitrogens is 2. The Bertz CT molecular complexity index is 1270. The number of anilines is 1. The quantitative estimate of drug-likeness (QED) is 0.257. The minimum atomic E-state index is -5.19. The number of aromatic amines is 1. The Balaban J connectivity index is 1.78. The molecular weight excluding hydrogens is 528 g/mol. The van der Waals surface area contributed by atoms with Crippen LogP contribution in [-0.4, -0.2) is 62.1 Å². The number of benzene rings is 1. The first-order chi connectivity index (χ1) is 16.9. The Labute approximate surface area is 202 Å². The highest BCUT2D eigenvalue weighted by Gasteiger charge is 2.49. The standard InChI is InChI=1S/C18H23N3O13P2/c1-2-30-35(26,27)34-36(28,29)31-10-12-14(23)15(33-18(25)19-11-6-4-3-5-7-11)16(32-12)21-9-8-13(22)20-17(21)24/h3-9,12,14-16,23H,2,10H2,1H3,(H,19,25)(H,26,27)(H,28,29)(H,20,22,24)/t12-,14?,15+,16-/m1/s1. The predicted molar refractivity (Wildman–Crippen MR) is 120 cm³/mol. The maximum Gasteiger partial charge on any atom is 0.481 e. The molecule has 0 aliphatic carbocycles. The molecule has 198 valence electrons. The second-order valence-corrected chi connectivity index (χ2v) is 10.2. The van der Waals surface area contributed by atoms with Crippen molar-refractivity contribution in [2.75, 3.05) is 18.5 Å². The number of nitrogens with zero attached hydrogens (tertiary/aromatic N) is 1. The van der Waals surface area contributed by atoms with Crippen molar-refractivity contribution < 1.29 is 51.6 Å².